The summed E-state index contributed by atoms with van der Waals surface area (Å²) in [5.41, 5.74) is 0.988. The minimum atomic E-state index is 0.549. The fraction of sp³-hybridized carbons (Fsp3) is 0.733. The lowest BCUT2D eigenvalue weighted by molar-refractivity contribution is 0.373. The van der Waals surface area contributed by atoms with Gasteiger partial charge in [0, 0.05) is 18.0 Å². The molecule has 0 radical (unpaired) electrons. The molecule has 4 heteroatoms. The summed E-state index contributed by atoms with van der Waals surface area (Å²) in [5.74, 6) is 3.23. The molecular formula is C15H22ClN3. The molecule has 1 heterocycles. The zero-order valence-electron chi connectivity index (χ0n) is 11.6. The van der Waals surface area contributed by atoms with Crippen LogP contribution in [0.15, 0.2) is 0 Å². The summed E-state index contributed by atoms with van der Waals surface area (Å²) in [4.78, 5) is 9.08. The Morgan fingerprint density at radius 1 is 1.11 bits per heavy atom. The lowest BCUT2D eigenvalue weighted by atomic mass is 9.89. The standard InChI is InChI=1S/C15H22ClN3/c1-10-13(16)18-15(12-7-8-12)19-14(10)17-9-11-5-3-2-4-6-11/h11-12H,2-9H2,1H3,(H,17,18,19). The molecule has 2 aliphatic rings. The van der Waals surface area contributed by atoms with Crippen LogP contribution in [0.5, 0.6) is 0 Å². The molecule has 1 aromatic heterocycles. The summed E-state index contributed by atoms with van der Waals surface area (Å²) < 4.78 is 0. The van der Waals surface area contributed by atoms with Gasteiger partial charge in [0.2, 0.25) is 0 Å². The van der Waals surface area contributed by atoms with E-state index in [-0.39, 0.29) is 0 Å². The van der Waals surface area contributed by atoms with E-state index < -0.39 is 0 Å². The Morgan fingerprint density at radius 3 is 2.53 bits per heavy atom. The molecule has 0 amide bonds. The Kier molecular flexibility index (Phi) is 3.92. The van der Waals surface area contributed by atoms with E-state index in [0.29, 0.717) is 11.1 Å². The fourth-order valence-corrected chi connectivity index (χ4v) is 3.01. The van der Waals surface area contributed by atoms with Crippen LogP contribution in [0.1, 0.15) is 62.3 Å². The Labute approximate surface area is 120 Å². The van der Waals surface area contributed by atoms with Crippen LogP contribution in [0.2, 0.25) is 5.15 Å². The molecule has 2 aliphatic carbocycles. The summed E-state index contributed by atoms with van der Waals surface area (Å²) >= 11 is 6.22. The lowest BCUT2D eigenvalue weighted by Crippen LogP contribution is -2.18. The molecule has 104 valence electrons. The maximum Gasteiger partial charge on any atom is 0.137 e. The minimum absolute atomic E-state index is 0.549. The van der Waals surface area contributed by atoms with E-state index in [2.05, 4.69) is 15.3 Å². The van der Waals surface area contributed by atoms with E-state index in [0.717, 1.165) is 29.7 Å². The second-order valence-electron chi connectivity index (χ2n) is 6.01. The number of halogens is 1. The highest BCUT2D eigenvalue weighted by Gasteiger charge is 2.28. The van der Waals surface area contributed by atoms with Crippen LogP contribution < -0.4 is 5.32 Å². The molecule has 2 fully saturated rings. The van der Waals surface area contributed by atoms with Crippen molar-refractivity contribution in [2.24, 2.45) is 5.92 Å². The van der Waals surface area contributed by atoms with Gasteiger partial charge in [-0.05, 0) is 38.5 Å². The topological polar surface area (TPSA) is 37.8 Å². The molecule has 0 atom stereocenters. The molecule has 0 bridgehead atoms. The Morgan fingerprint density at radius 2 is 1.84 bits per heavy atom. The zero-order valence-corrected chi connectivity index (χ0v) is 12.3. The summed E-state index contributed by atoms with van der Waals surface area (Å²) in [5, 5.41) is 4.12. The van der Waals surface area contributed by atoms with Crippen LogP contribution in [0.25, 0.3) is 0 Å². The normalized spacial score (nSPS) is 20.5. The maximum atomic E-state index is 6.22. The zero-order chi connectivity index (χ0) is 13.2. The van der Waals surface area contributed by atoms with E-state index in [9.17, 15) is 0 Å². The van der Waals surface area contributed by atoms with Crippen molar-refractivity contribution in [2.45, 2.75) is 57.8 Å². The highest BCUT2D eigenvalue weighted by Crippen LogP contribution is 2.39. The summed E-state index contributed by atoms with van der Waals surface area (Å²) in [6, 6.07) is 0. The predicted octanol–water partition coefficient (Wildman–Crippen LogP) is 4.31. The molecule has 19 heavy (non-hydrogen) atoms. The van der Waals surface area contributed by atoms with Gasteiger partial charge in [0.15, 0.2) is 0 Å². The molecule has 3 rings (SSSR count). The van der Waals surface area contributed by atoms with Gasteiger partial charge >= 0.3 is 0 Å². The molecule has 2 saturated carbocycles. The predicted molar refractivity (Wildman–Crippen MR) is 78.8 cm³/mol. The second-order valence-corrected chi connectivity index (χ2v) is 6.36. The number of nitrogens with zero attached hydrogens (tertiary/aromatic N) is 2. The Bertz CT molecular complexity index is 451. The van der Waals surface area contributed by atoms with Gasteiger partial charge in [0.25, 0.3) is 0 Å². The first-order chi connectivity index (χ1) is 9.24. The van der Waals surface area contributed by atoms with Crippen molar-refractivity contribution < 1.29 is 0 Å². The third-order valence-corrected chi connectivity index (χ3v) is 4.70. The van der Waals surface area contributed by atoms with Crippen molar-refractivity contribution in [3.63, 3.8) is 0 Å². The summed E-state index contributed by atoms with van der Waals surface area (Å²) in [7, 11) is 0. The van der Waals surface area contributed by atoms with E-state index >= 15 is 0 Å². The first-order valence-electron chi connectivity index (χ1n) is 7.52. The molecule has 0 saturated heterocycles. The highest BCUT2D eigenvalue weighted by molar-refractivity contribution is 6.30. The Balaban J connectivity index is 1.68. The largest absolute Gasteiger partial charge is 0.369 e. The molecular weight excluding hydrogens is 258 g/mol. The first-order valence-corrected chi connectivity index (χ1v) is 7.89. The van der Waals surface area contributed by atoms with Crippen LogP contribution in [0.4, 0.5) is 5.82 Å². The lowest BCUT2D eigenvalue weighted by Gasteiger charge is -2.22. The summed E-state index contributed by atoms with van der Waals surface area (Å²) in [6.45, 7) is 3.03. The van der Waals surface area contributed by atoms with Crippen LogP contribution >= 0.6 is 11.6 Å². The molecule has 0 spiro atoms. The third kappa shape index (κ3) is 3.19. The number of rotatable bonds is 4. The van der Waals surface area contributed by atoms with E-state index in [1.165, 1.54) is 44.9 Å². The van der Waals surface area contributed by atoms with Crippen LogP contribution in [-0.2, 0) is 0 Å². The average molecular weight is 280 g/mol. The van der Waals surface area contributed by atoms with Gasteiger partial charge in [0.1, 0.15) is 16.8 Å². The molecule has 0 aromatic carbocycles. The fourth-order valence-electron chi connectivity index (χ4n) is 2.83. The van der Waals surface area contributed by atoms with Crippen molar-refractivity contribution in [1.29, 1.82) is 0 Å². The quantitative estimate of drug-likeness (QED) is 0.835. The van der Waals surface area contributed by atoms with Crippen molar-refractivity contribution in [1.82, 2.24) is 9.97 Å². The SMILES string of the molecule is Cc1c(Cl)nc(C2CC2)nc1NCC1CCCCC1. The van der Waals surface area contributed by atoms with Gasteiger partial charge in [-0.2, -0.15) is 0 Å². The van der Waals surface area contributed by atoms with Crippen LogP contribution in [0, 0.1) is 12.8 Å². The maximum absolute atomic E-state index is 6.22. The number of hydrogen-bond acceptors (Lipinski definition) is 3. The van der Waals surface area contributed by atoms with Gasteiger partial charge in [0.05, 0.1) is 0 Å². The van der Waals surface area contributed by atoms with E-state index in [1.54, 1.807) is 0 Å². The highest BCUT2D eigenvalue weighted by atomic mass is 35.5. The average Bonchev–Trinajstić information content (AvgIpc) is 3.26. The van der Waals surface area contributed by atoms with Gasteiger partial charge in [-0.15, -0.1) is 0 Å². The minimum Gasteiger partial charge on any atom is -0.369 e. The van der Waals surface area contributed by atoms with Gasteiger partial charge < -0.3 is 5.32 Å². The number of aromatic nitrogens is 2. The number of hydrogen-bond donors (Lipinski definition) is 1. The second kappa shape index (κ2) is 5.66. The third-order valence-electron chi connectivity index (χ3n) is 4.33. The number of nitrogens with one attached hydrogen (secondary N) is 1. The molecule has 1 aromatic rings. The van der Waals surface area contributed by atoms with E-state index in [1.807, 2.05) is 6.92 Å². The van der Waals surface area contributed by atoms with Crippen molar-refractivity contribution in [3.05, 3.63) is 16.5 Å². The van der Waals surface area contributed by atoms with Gasteiger partial charge in [-0.3, -0.25) is 0 Å². The van der Waals surface area contributed by atoms with E-state index in [4.69, 9.17) is 11.6 Å². The monoisotopic (exact) mass is 279 g/mol. The molecule has 0 unspecified atom stereocenters. The smallest absolute Gasteiger partial charge is 0.137 e. The Hall–Kier alpha value is -0.830. The van der Waals surface area contributed by atoms with Crippen LogP contribution in [-0.4, -0.2) is 16.5 Å². The molecule has 3 nitrogen and oxygen atoms in total. The molecule has 0 aliphatic heterocycles. The van der Waals surface area contributed by atoms with Crippen LogP contribution in [0.3, 0.4) is 0 Å². The molecule has 1 N–H and O–H groups in total. The van der Waals surface area contributed by atoms with Gasteiger partial charge in [-0.25, -0.2) is 9.97 Å². The number of anilines is 1. The summed E-state index contributed by atoms with van der Waals surface area (Å²) in [6.07, 6.45) is 9.27. The first kappa shape index (κ1) is 13.2. The van der Waals surface area contributed by atoms with Crippen molar-refractivity contribution in [2.75, 3.05) is 11.9 Å². The van der Waals surface area contributed by atoms with Gasteiger partial charge in [-0.1, -0.05) is 30.9 Å². The van der Waals surface area contributed by atoms with Crippen molar-refractivity contribution in [3.8, 4) is 0 Å². The van der Waals surface area contributed by atoms with Crippen molar-refractivity contribution >= 4 is 17.4 Å².